The molecule has 0 amide bonds. The van der Waals surface area contributed by atoms with E-state index in [1.165, 1.54) is 11.3 Å². The molecule has 1 atom stereocenters. The van der Waals surface area contributed by atoms with Crippen molar-refractivity contribution in [3.05, 3.63) is 24.0 Å². The molecule has 0 bridgehead atoms. The summed E-state index contributed by atoms with van der Waals surface area (Å²) in [5, 5.41) is 3.36. The van der Waals surface area contributed by atoms with Crippen molar-refractivity contribution in [1.82, 2.24) is 10.3 Å². The van der Waals surface area contributed by atoms with Gasteiger partial charge in [0.05, 0.1) is 13.2 Å². The van der Waals surface area contributed by atoms with Gasteiger partial charge in [-0.05, 0) is 19.5 Å². The van der Waals surface area contributed by atoms with Crippen molar-refractivity contribution in [2.45, 2.75) is 26.4 Å². The molecule has 1 unspecified atom stereocenters. The van der Waals surface area contributed by atoms with Crippen LogP contribution in [0.3, 0.4) is 0 Å². The summed E-state index contributed by atoms with van der Waals surface area (Å²) >= 11 is 0. The molecule has 1 N–H and O–H groups in total. The van der Waals surface area contributed by atoms with Gasteiger partial charge in [-0.15, -0.1) is 0 Å². The average molecular weight is 281 g/mol. The third-order valence-electron chi connectivity index (χ3n) is 3.23. The SMILES string of the molecule is CCNCc1cnccc1N(CCOC)C(C)COC. The minimum atomic E-state index is 0.290. The van der Waals surface area contributed by atoms with Gasteiger partial charge in [-0.25, -0.2) is 0 Å². The first-order valence-corrected chi connectivity index (χ1v) is 7.12. The van der Waals surface area contributed by atoms with E-state index < -0.39 is 0 Å². The second-order valence-corrected chi connectivity index (χ2v) is 4.78. The summed E-state index contributed by atoms with van der Waals surface area (Å²) in [6, 6.07) is 2.35. The lowest BCUT2D eigenvalue weighted by molar-refractivity contribution is 0.171. The van der Waals surface area contributed by atoms with E-state index in [0.29, 0.717) is 13.2 Å². The zero-order valence-corrected chi connectivity index (χ0v) is 13.1. The zero-order chi connectivity index (χ0) is 14.8. The number of rotatable bonds is 10. The Labute approximate surface area is 122 Å². The maximum atomic E-state index is 5.29. The van der Waals surface area contributed by atoms with Crippen molar-refractivity contribution >= 4 is 5.69 Å². The standard InChI is InChI=1S/C15H27N3O2/c1-5-16-10-14-11-17-7-6-15(14)18(8-9-19-3)13(2)12-20-4/h6-7,11,13,16H,5,8-10,12H2,1-4H3. The van der Waals surface area contributed by atoms with E-state index in [2.05, 4.69) is 35.1 Å². The Hall–Kier alpha value is -1.17. The largest absolute Gasteiger partial charge is 0.383 e. The minimum Gasteiger partial charge on any atom is -0.383 e. The summed E-state index contributed by atoms with van der Waals surface area (Å²) in [4.78, 5) is 6.56. The molecular formula is C15H27N3O2. The summed E-state index contributed by atoms with van der Waals surface area (Å²) in [5.74, 6) is 0. The number of aromatic nitrogens is 1. The highest BCUT2D eigenvalue weighted by molar-refractivity contribution is 5.53. The first-order valence-electron chi connectivity index (χ1n) is 7.12. The fourth-order valence-electron chi connectivity index (χ4n) is 2.19. The minimum absolute atomic E-state index is 0.290. The maximum absolute atomic E-state index is 5.29. The van der Waals surface area contributed by atoms with Crippen molar-refractivity contribution in [3.63, 3.8) is 0 Å². The molecule has 0 aromatic carbocycles. The number of methoxy groups -OCH3 is 2. The van der Waals surface area contributed by atoms with Gasteiger partial charge in [-0.1, -0.05) is 6.92 Å². The Morgan fingerprint density at radius 2 is 2.15 bits per heavy atom. The van der Waals surface area contributed by atoms with E-state index >= 15 is 0 Å². The Morgan fingerprint density at radius 1 is 1.35 bits per heavy atom. The fraction of sp³-hybridized carbons (Fsp3) is 0.667. The maximum Gasteiger partial charge on any atom is 0.0663 e. The van der Waals surface area contributed by atoms with Crippen LogP contribution in [0.1, 0.15) is 19.4 Å². The molecule has 0 aliphatic carbocycles. The van der Waals surface area contributed by atoms with E-state index in [1.807, 2.05) is 12.4 Å². The molecule has 0 aliphatic rings. The number of ether oxygens (including phenoxy) is 2. The smallest absolute Gasteiger partial charge is 0.0663 e. The number of nitrogens with zero attached hydrogens (tertiary/aromatic N) is 2. The van der Waals surface area contributed by atoms with E-state index in [9.17, 15) is 0 Å². The van der Waals surface area contributed by atoms with Gasteiger partial charge >= 0.3 is 0 Å². The first kappa shape index (κ1) is 16.9. The van der Waals surface area contributed by atoms with Gasteiger partial charge in [0.1, 0.15) is 0 Å². The Bertz CT molecular complexity index is 374. The van der Waals surface area contributed by atoms with Gasteiger partial charge in [0.2, 0.25) is 0 Å². The van der Waals surface area contributed by atoms with E-state index in [4.69, 9.17) is 9.47 Å². The monoisotopic (exact) mass is 281 g/mol. The van der Waals surface area contributed by atoms with Gasteiger partial charge in [-0.3, -0.25) is 4.98 Å². The molecule has 5 heteroatoms. The quantitative estimate of drug-likeness (QED) is 0.707. The molecule has 0 radical (unpaired) electrons. The normalized spacial score (nSPS) is 12.4. The zero-order valence-electron chi connectivity index (χ0n) is 13.1. The van der Waals surface area contributed by atoms with Gasteiger partial charge < -0.3 is 19.7 Å². The summed E-state index contributed by atoms with van der Waals surface area (Å²) in [7, 11) is 3.46. The number of nitrogens with one attached hydrogen (secondary N) is 1. The van der Waals surface area contributed by atoms with Crippen LogP contribution in [0.2, 0.25) is 0 Å². The number of hydrogen-bond donors (Lipinski definition) is 1. The van der Waals surface area contributed by atoms with Crippen LogP contribution in [0.25, 0.3) is 0 Å². The van der Waals surface area contributed by atoms with Gasteiger partial charge in [0.15, 0.2) is 0 Å². The third-order valence-corrected chi connectivity index (χ3v) is 3.23. The summed E-state index contributed by atoms with van der Waals surface area (Å²) < 4.78 is 10.5. The van der Waals surface area contributed by atoms with Crippen LogP contribution in [0.15, 0.2) is 18.5 Å². The predicted molar refractivity (Wildman–Crippen MR) is 82.2 cm³/mol. The molecule has 0 saturated heterocycles. The van der Waals surface area contributed by atoms with Crippen molar-refractivity contribution in [2.75, 3.05) is 45.4 Å². The Kier molecular flexibility index (Phi) is 8.18. The fourth-order valence-corrected chi connectivity index (χ4v) is 2.19. The number of anilines is 1. The topological polar surface area (TPSA) is 46.6 Å². The lowest BCUT2D eigenvalue weighted by Crippen LogP contribution is -2.39. The summed E-state index contributed by atoms with van der Waals surface area (Å²) in [6.07, 6.45) is 3.77. The van der Waals surface area contributed by atoms with Crippen molar-refractivity contribution in [1.29, 1.82) is 0 Å². The molecule has 0 spiro atoms. The van der Waals surface area contributed by atoms with E-state index in [1.54, 1.807) is 14.2 Å². The van der Waals surface area contributed by atoms with Crippen molar-refractivity contribution in [2.24, 2.45) is 0 Å². The van der Waals surface area contributed by atoms with Crippen LogP contribution in [-0.2, 0) is 16.0 Å². The molecule has 0 saturated carbocycles. The predicted octanol–water partition coefficient (Wildman–Crippen LogP) is 1.68. The number of pyridine rings is 1. The lowest BCUT2D eigenvalue weighted by atomic mass is 10.1. The van der Waals surface area contributed by atoms with E-state index in [0.717, 1.165) is 19.6 Å². The second kappa shape index (κ2) is 9.69. The molecule has 0 fully saturated rings. The highest BCUT2D eigenvalue weighted by Crippen LogP contribution is 2.21. The lowest BCUT2D eigenvalue weighted by Gasteiger charge is -2.32. The highest BCUT2D eigenvalue weighted by Gasteiger charge is 2.17. The van der Waals surface area contributed by atoms with E-state index in [-0.39, 0.29) is 6.04 Å². The molecule has 1 heterocycles. The third kappa shape index (κ3) is 5.07. The Balaban J connectivity index is 2.92. The molecule has 5 nitrogen and oxygen atoms in total. The van der Waals surface area contributed by atoms with Gasteiger partial charge in [0.25, 0.3) is 0 Å². The van der Waals surface area contributed by atoms with Crippen LogP contribution in [0.4, 0.5) is 5.69 Å². The van der Waals surface area contributed by atoms with Crippen LogP contribution >= 0.6 is 0 Å². The van der Waals surface area contributed by atoms with Crippen LogP contribution in [-0.4, -0.2) is 51.5 Å². The van der Waals surface area contributed by atoms with Crippen LogP contribution < -0.4 is 10.2 Å². The first-order chi connectivity index (χ1) is 9.74. The van der Waals surface area contributed by atoms with Gasteiger partial charge in [0, 0.05) is 57.0 Å². The molecule has 1 aromatic rings. The molecule has 0 aliphatic heterocycles. The molecular weight excluding hydrogens is 254 g/mol. The van der Waals surface area contributed by atoms with Gasteiger partial charge in [-0.2, -0.15) is 0 Å². The molecule has 1 aromatic heterocycles. The van der Waals surface area contributed by atoms with Crippen molar-refractivity contribution < 1.29 is 9.47 Å². The molecule has 1 rings (SSSR count). The molecule has 114 valence electrons. The summed E-state index contributed by atoms with van der Waals surface area (Å²) in [5.41, 5.74) is 2.40. The second-order valence-electron chi connectivity index (χ2n) is 4.78. The van der Waals surface area contributed by atoms with Crippen LogP contribution in [0, 0.1) is 0 Å². The summed E-state index contributed by atoms with van der Waals surface area (Å²) in [6.45, 7) is 8.25. The van der Waals surface area contributed by atoms with Crippen LogP contribution in [0.5, 0.6) is 0 Å². The molecule has 20 heavy (non-hydrogen) atoms. The van der Waals surface area contributed by atoms with Crippen molar-refractivity contribution in [3.8, 4) is 0 Å². The highest BCUT2D eigenvalue weighted by atomic mass is 16.5. The average Bonchev–Trinajstić information content (AvgIpc) is 2.47. The Morgan fingerprint density at radius 3 is 2.80 bits per heavy atom. The number of hydrogen-bond acceptors (Lipinski definition) is 5.